The van der Waals surface area contributed by atoms with Crippen molar-refractivity contribution in [1.82, 2.24) is 4.98 Å². The Balaban J connectivity index is 2.53. The Morgan fingerprint density at radius 2 is 2.05 bits per heavy atom. The van der Waals surface area contributed by atoms with E-state index in [1.165, 1.54) is 24.4 Å². The number of nitrogens with zero attached hydrogens (tertiary/aromatic N) is 1. The second kappa shape index (κ2) is 5.54. The molecule has 1 aromatic heterocycles. The van der Waals surface area contributed by atoms with Crippen LogP contribution in [-0.4, -0.2) is 10.8 Å². The summed E-state index contributed by atoms with van der Waals surface area (Å²) >= 11 is 2.92. The normalized spacial score (nSPS) is 10.5. The number of aromatic nitrogens is 1. The van der Waals surface area contributed by atoms with E-state index in [2.05, 4.69) is 20.9 Å². The maximum atomic E-state index is 13.8. The third-order valence-corrected chi connectivity index (χ3v) is 3.17. The highest BCUT2D eigenvalue weighted by molar-refractivity contribution is 9.10. The molecule has 19 heavy (non-hydrogen) atoms. The van der Waals surface area contributed by atoms with Crippen molar-refractivity contribution >= 4 is 21.7 Å². The first kappa shape index (κ1) is 13.8. The molecule has 0 aliphatic rings. The molecule has 98 valence electrons. The molecule has 0 aliphatic carbocycles. The predicted octanol–water partition coefficient (Wildman–Crippen LogP) is 2.81. The van der Waals surface area contributed by atoms with Gasteiger partial charge in [0.1, 0.15) is 5.82 Å². The standard InChI is InChI=1S/C13H9BrF2N2O/c14-9-1-2-10(15)11(12(9)16)13(19)7-3-4-18-8(5-7)6-17/h1-5H,6,17H2. The molecule has 2 N–H and O–H groups in total. The van der Waals surface area contributed by atoms with Gasteiger partial charge in [-0.05, 0) is 40.2 Å². The average molecular weight is 327 g/mol. The lowest BCUT2D eigenvalue weighted by Gasteiger charge is -2.06. The maximum Gasteiger partial charge on any atom is 0.199 e. The number of hydrogen-bond acceptors (Lipinski definition) is 3. The number of nitrogens with two attached hydrogens (primary N) is 1. The fraction of sp³-hybridized carbons (Fsp3) is 0.0769. The first-order chi connectivity index (χ1) is 9.04. The van der Waals surface area contributed by atoms with E-state index in [1.807, 2.05) is 0 Å². The maximum absolute atomic E-state index is 13.8. The van der Waals surface area contributed by atoms with Crippen LogP contribution in [-0.2, 0) is 6.54 Å². The van der Waals surface area contributed by atoms with Gasteiger partial charge in [-0.3, -0.25) is 9.78 Å². The fourth-order valence-electron chi connectivity index (χ4n) is 1.61. The Hall–Kier alpha value is -1.66. The average Bonchev–Trinajstić information content (AvgIpc) is 2.43. The molecule has 2 aromatic rings. The minimum absolute atomic E-state index is 0.0327. The molecule has 0 atom stereocenters. The monoisotopic (exact) mass is 326 g/mol. The minimum atomic E-state index is -0.920. The molecule has 3 nitrogen and oxygen atoms in total. The van der Waals surface area contributed by atoms with Crippen molar-refractivity contribution in [2.75, 3.05) is 0 Å². The summed E-state index contributed by atoms with van der Waals surface area (Å²) in [7, 11) is 0. The molecular weight excluding hydrogens is 318 g/mol. The molecule has 0 saturated carbocycles. The lowest BCUT2D eigenvalue weighted by Crippen LogP contribution is -2.10. The van der Waals surface area contributed by atoms with Gasteiger partial charge in [-0.15, -0.1) is 0 Å². The van der Waals surface area contributed by atoms with Crippen molar-refractivity contribution in [3.05, 3.63) is 63.4 Å². The topological polar surface area (TPSA) is 56.0 Å². The summed E-state index contributed by atoms with van der Waals surface area (Å²) in [5.74, 6) is -2.57. The van der Waals surface area contributed by atoms with Crippen molar-refractivity contribution in [2.24, 2.45) is 5.73 Å². The summed E-state index contributed by atoms with van der Waals surface area (Å²) in [6, 6.07) is 5.05. The molecule has 0 amide bonds. The summed E-state index contributed by atoms with van der Waals surface area (Å²) in [6.45, 7) is 0.143. The summed E-state index contributed by atoms with van der Waals surface area (Å²) in [5, 5.41) is 0. The highest BCUT2D eigenvalue weighted by Gasteiger charge is 2.21. The molecule has 1 heterocycles. The summed E-state index contributed by atoms with van der Waals surface area (Å²) < 4.78 is 27.5. The van der Waals surface area contributed by atoms with Crippen molar-refractivity contribution in [1.29, 1.82) is 0 Å². The van der Waals surface area contributed by atoms with E-state index in [4.69, 9.17) is 5.73 Å². The largest absolute Gasteiger partial charge is 0.325 e. The molecule has 6 heteroatoms. The molecule has 0 spiro atoms. The molecular formula is C13H9BrF2N2O. The van der Waals surface area contributed by atoms with E-state index in [-0.39, 0.29) is 16.6 Å². The van der Waals surface area contributed by atoms with Gasteiger partial charge >= 0.3 is 0 Å². The van der Waals surface area contributed by atoms with Gasteiger partial charge in [0, 0.05) is 18.3 Å². The van der Waals surface area contributed by atoms with Crippen LogP contribution in [0.1, 0.15) is 21.6 Å². The number of hydrogen-bond donors (Lipinski definition) is 1. The second-order valence-electron chi connectivity index (χ2n) is 3.79. The van der Waals surface area contributed by atoms with Gasteiger partial charge in [0.2, 0.25) is 0 Å². The van der Waals surface area contributed by atoms with E-state index >= 15 is 0 Å². The van der Waals surface area contributed by atoms with Gasteiger partial charge in [-0.2, -0.15) is 0 Å². The molecule has 0 radical (unpaired) electrons. The molecule has 0 unspecified atom stereocenters. The first-order valence-corrected chi connectivity index (χ1v) is 6.17. The van der Waals surface area contributed by atoms with Crippen molar-refractivity contribution in [2.45, 2.75) is 6.54 Å². The molecule has 0 fully saturated rings. The molecule has 2 rings (SSSR count). The number of halogens is 3. The zero-order chi connectivity index (χ0) is 14.0. The first-order valence-electron chi connectivity index (χ1n) is 5.37. The quantitative estimate of drug-likeness (QED) is 0.697. The highest BCUT2D eigenvalue weighted by atomic mass is 79.9. The predicted molar refractivity (Wildman–Crippen MR) is 69.6 cm³/mol. The van der Waals surface area contributed by atoms with Gasteiger partial charge < -0.3 is 5.73 Å². The SMILES string of the molecule is NCc1cc(C(=O)c2c(F)ccc(Br)c2F)ccn1. The van der Waals surface area contributed by atoms with E-state index in [0.717, 1.165) is 6.07 Å². The third-order valence-electron chi connectivity index (χ3n) is 2.56. The second-order valence-corrected chi connectivity index (χ2v) is 4.64. The van der Waals surface area contributed by atoms with Crippen LogP contribution in [0.5, 0.6) is 0 Å². The fourth-order valence-corrected chi connectivity index (χ4v) is 1.94. The molecule has 0 saturated heterocycles. The van der Waals surface area contributed by atoms with Gasteiger partial charge in [0.05, 0.1) is 15.7 Å². The van der Waals surface area contributed by atoms with Crippen molar-refractivity contribution in [3.8, 4) is 0 Å². The number of rotatable bonds is 3. The highest BCUT2D eigenvalue weighted by Crippen LogP contribution is 2.24. The van der Waals surface area contributed by atoms with Crippen LogP contribution in [0.2, 0.25) is 0 Å². The minimum Gasteiger partial charge on any atom is -0.325 e. The van der Waals surface area contributed by atoms with Crippen molar-refractivity contribution in [3.63, 3.8) is 0 Å². The molecule has 0 aliphatic heterocycles. The van der Waals surface area contributed by atoms with Crippen LogP contribution in [0, 0.1) is 11.6 Å². The summed E-state index contributed by atoms with van der Waals surface area (Å²) in [4.78, 5) is 16.1. The van der Waals surface area contributed by atoms with Gasteiger partial charge in [-0.1, -0.05) is 0 Å². The van der Waals surface area contributed by atoms with E-state index in [9.17, 15) is 13.6 Å². The smallest absolute Gasteiger partial charge is 0.199 e. The van der Waals surface area contributed by atoms with Crippen LogP contribution in [0.15, 0.2) is 34.9 Å². The number of pyridine rings is 1. The lowest BCUT2D eigenvalue weighted by molar-refractivity contribution is 0.103. The Kier molecular flexibility index (Phi) is 4.01. The Bertz CT molecular complexity index is 647. The van der Waals surface area contributed by atoms with Crippen LogP contribution in [0.4, 0.5) is 8.78 Å². The summed E-state index contributed by atoms with van der Waals surface area (Å²) in [6.07, 6.45) is 1.38. The van der Waals surface area contributed by atoms with Gasteiger partial charge in [-0.25, -0.2) is 8.78 Å². The Morgan fingerprint density at radius 3 is 2.74 bits per heavy atom. The van der Waals surface area contributed by atoms with Crippen LogP contribution in [0.3, 0.4) is 0 Å². The molecule has 1 aromatic carbocycles. The Morgan fingerprint density at radius 1 is 1.32 bits per heavy atom. The van der Waals surface area contributed by atoms with Gasteiger partial charge in [0.25, 0.3) is 0 Å². The zero-order valence-corrected chi connectivity index (χ0v) is 11.2. The number of ketones is 1. The van der Waals surface area contributed by atoms with Crippen LogP contribution < -0.4 is 5.73 Å². The van der Waals surface area contributed by atoms with Crippen LogP contribution in [0.25, 0.3) is 0 Å². The number of carbonyl (C=O) groups is 1. The molecule has 0 bridgehead atoms. The summed E-state index contributed by atoms with van der Waals surface area (Å²) in [5.41, 5.74) is 5.44. The third kappa shape index (κ3) is 2.69. The van der Waals surface area contributed by atoms with E-state index in [1.54, 1.807) is 0 Å². The van der Waals surface area contributed by atoms with E-state index in [0.29, 0.717) is 5.69 Å². The lowest BCUT2D eigenvalue weighted by atomic mass is 10.0. The number of benzene rings is 1. The van der Waals surface area contributed by atoms with Crippen LogP contribution >= 0.6 is 15.9 Å². The van der Waals surface area contributed by atoms with E-state index < -0.39 is 23.0 Å². The van der Waals surface area contributed by atoms with Gasteiger partial charge in [0.15, 0.2) is 11.6 Å². The number of carbonyl (C=O) groups excluding carboxylic acids is 1. The zero-order valence-electron chi connectivity index (χ0n) is 9.66. The van der Waals surface area contributed by atoms with Crippen molar-refractivity contribution < 1.29 is 13.6 Å². The Labute approximate surface area is 116 Å².